The lowest BCUT2D eigenvalue weighted by atomic mass is 9.81. The monoisotopic (exact) mass is 1510 g/mol. The van der Waals surface area contributed by atoms with Crippen LogP contribution < -0.4 is 16.0 Å². The fraction of sp³-hybridized carbons (Fsp3) is 0.724. The largest absolute Gasteiger partial charge is 0.417 e. The number of hydrogen-bond acceptors (Lipinski definition) is 13. The predicted octanol–water partition coefficient (Wildman–Crippen LogP) is 5.91. The van der Waals surface area contributed by atoms with Crippen LogP contribution in [0.15, 0.2) is 30.4 Å². The molecule has 1 aromatic carbocycles. The van der Waals surface area contributed by atoms with Gasteiger partial charge in [0.15, 0.2) is 0 Å². The zero-order valence-electron chi connectivity index (χ0n) is 64.7. The molecule has 26 nitrogen and oxygen atoms in total. The molecule has 30 heteroatoms. The second-order valence-electron chi connectivity index (χ2n) is 30.9. The number of aryl methyl sites for hydroxylation is 1. The summed E-state index contributed by atoms with van der Waals surface area (Å²) in [7, 11) is 12.8. The molecular formula is C76H117ClF3N13O13. The number of nitrogens with one attached hydrogen (secondary N) is 3. The highest BCUT2D eigenvalue weighted by atomic mass is 35.5. The first-order valence-corrected chi connectivity index (χ1v) is 38.3. The number of alkyl halides is 3. The number of likely N-dealkylation sites (tertiary alicyclic amines) is 1. The van der Waals surface area contributed by atoms with Crippen molar-refractivity contribution in [3.63, 3.8) is 0 Å². The van der Waals surface area contributed by atoms with E-state index in [1.807, 2.05) is 20.8 Å². The highest BCUT2D eigenvalue weighted by Gasteiger charge is 2.50. The first kappa shape index (κ1) is 87.1. The van der Waals surface area contributed by atoms with E-state index in [0.717, 1.165) is 76.7 Å². The summed E-state index contributed by atoms with van der Waals surface area (Å²) in [6.07, 6.45) is 8.11. The molecule has 2 aliphatic heterocycles. The van der Waals surface area contributed by atoms with Crippen LogP contribution in [0.1, 0.15) is 180 Å². The molecular weight excluding hydrogens is 1400 g/mol. The number of nitrogens with zero attached hydrogens (tertiary/aromatic N) is 10. The summed E-state index contributed by atoms with van der Waals surface area (Å²) >= 11 is 6.18. The third kappa shape index (κ3) is 23.6. The second-order valence-corrected chi connectivity index (χ2v) is 31.3. The molecule has 1 aromatic rings. The summed E-state index contributed by atoms with van der Waals surface area (Å²) in [6.45, 7) is 4.98. The fourth-order valence-corrected chi connectivity index (χ4v) is 15.7. The molecule has 6 rings (SSSR count). The number of carbonyl (C=O) groups is 13. The van der Waals surface area contributed by atoms with Crippen LogP contribution in [0.25, 0.3) is 0 Å². The number of halogens is 4. The lowest BCUT2D eigenvalue weighted by molar-refractivity contribution is -0.157. The molecule has 2 saturated heterocycles. The molecule has 2 heterocycles. The van der Waals surface area contributed by atoms with Gasteiger partial charge in [0.2, 0.25) is 76.8 Å². The minimum absolute atomic E-state index is 0.0175. The number of rotatable bonds is 14. The van der Waals surface area contributed by atoms with Crippen LogP contribution in [-0.2, 0) is 74.9 Å². The summed E-state index contributed by atoms with van der Waals surface area (Å²) in [4.78, 5) is 206. The van der Waals surface area contributed by atoms with E-state index < -0.39 is 186 Å². The summed E-state index contributed by atoms with van der Waals surface area (Å²) in [5, 5.41) is 7.95. The van der Waals surface area contributed by atoms with Crippen LogP contribution in [0.2, 0.25) is 5.02 Å². The van der Waals surface area contributed by atoms with Crippen LogP contribution in [-0.4, -0.2) is 277 Å². The Morgan fingerprint density at radius 3 is 1.82 bits per heavy atom. The standard InChI is InChI=1S/C76H117ClF3N13O13/c1-14-50(4)66-72(104)87(9)47-64(98)85(7)48-65(99)89(11)58(43-51-27-18-15-19-28-51)70(102)86(8)45-60(94)81-56(35-33-52-32-34-54(55(77)42-52)76(78,79)80)69(101)93(40-26-31-62(96)84(5)6)46-61(95)83-75(36-22-23-37-75)74(106)91(13)67(53-29-20-16-21-30-53)73(105)90(12)59(71(103)92-38-24-17-25-39-92)44-63(97)88(10)57(41-49(2)3)68(100)82-66/h26,31-32,34,42,49-51,53,56-59,66-67H,14-25,27-30,33,35-41,43-48H2,1-13H3,(H,81,94)(H,82,100)(H,83,95)/b31-26+/t50-,56-,57-,58-,59-,66-,67-/m0/s1. The first-order valence-electron chi connectivity index (χ1n) is 37.9. The maximum absolute atomic E-state index is 15.9. The lowest BCUT2D eigenvalue weighted by Crippen LogP contribution is -2.64. The van der Waals surface area contributed by atoms with Crippen LogP contribution in [0.5, 0.6) is 0 Å². The Morgan fingerprint density at radius 2 is 1.24 bits per heavy atom. The minimum atomic E-state index is -4.80. The highest BCUT2D eigenvalue weighted by molar-refractivity contribution is 6.31. The van der Waals surface area contributed by atoms with E-state index >= 15 is 28.8 Å². The molecule has 5 fully saturated rings. The molecule has 0 unspecified atom stereocenters. The van der Waals surface area contributed by atoms with Crippen molar-refractivity contribution in [2.45, 2.75) is 223 Å². The van der Waals surface area contributed by atoms with Gasteiger partial charge in [0.1, 0.15) is 41.8 Å². The summed E-state index contributed by atoms with van der Waals surface area (Å²) < 4.78 is 41.9. The second kappa shape index (κ2) is 39.8. The molecule has 7 atom stereocenters. The molecule has 5 aliphatic rings. The van der Waals surface area contributed by atoms with E-state index in [0.29, 0.717) is 70.9 Å². The molecule has 106 heavy (non-hydrogen) atoms. The summed E-state index contributed by atoms with van der Waals surface area (Å²) in [5.41, 5.74) is -2.55. The molecule has 3 N–H and O–H groups in total. The first-order chi connectivity index (χ1) is 49.9. The Hall–Kier alpha value is -7.85. The molecule has 0 radical (unpaired) electrons. The van der Waals surface area contributed by atoms with Crippen molar-refractivity contribution in [3.05, 3.63) is 46.5 Å². The maximum atomic E-state index is 15.9. The number of benzene rings is 1. The van der Waals surface area contributed by atoms with Crippen molar-refractivity contribution >= 4 is 88.4 Å². The number of hydrogen-bond donors (Lipinski definition) is 3. The van der Waals surface area contributed by atoms with Crippen molar-refractivity contribution in [2.75, 3.05) is 109 Å². The van der Waals surface area contributed by atoms with Crippen LogP contribution in [0.3, 0.4) is 0 Å². The van der Waals surface area contributed by atoms with Gasteiger partial charge in [-0.25, -0.2) is 0 Å². The molecule has 3 saturated carbocycles. The third-order valence-electron chi connectivity index (χ3n) is 22.2. The normalized spacial score (nSPS) is 24.9. The molecule has 13 amide bonds. The van der Waals surface area contributed by atoms with E-state index in [-0.39, 0.29) is 55.9 Å². The summed E-state index contributed by atoms with van der Waals surface area (Å²) in [6, 6.07) is -4.82. The molecule has 1 spiro atoms. The van der Waals surface area contributed by atoms with Gasteiger partial charge in [-0.05, 0) is 112 Å². The Kier molecular flexibility index (Phi) is 32.7. The van der Waals surface area contributed by atoms with Crippen molar-refractivity contribution in [1.82, 2.24) is 64.9 Å². The molecule has 0 bridgehead atoms. The van der Waals surface area contributed by atoms with Crippen molar-refractivity contribution in [2.24, 2.45) is 23.7 Å². The quantitative estimate of drug-likeness (QED) is 0.183. The highest BCUT2D eigenvalue weighted by Crippen LogP contribution is 2.38. The number of likely N-dealkylation sites (N-methyl/N-ethyl adjacent to an activating group) is 8. The van der Waals surface area contributed by atoms with Gasteiger partial charge in [0.05, 0.1) is 43.2 Å². The zero-order chi connectivity index (χ0) is 78.7. The minimum Gasteiger partial charge on any atom is -0.345 e. The van der Waals surface area contributed by atoms with Crippen molar-refractivity contribution < 1.29 is 75.5 Å². The van der Waals surface area contributed by atoms with E-state index in [4.69, 9.17) is 11.6 Å². The van der Waals surface area contributed by atoms with Gasteiger partial charge in [-0.2, -0.15) is 13.2 Å². The van der Waals surface area contributed by atoms with Crippen LogP contribution in [0.4, 0.5) is 13.2 Å². The van der Waals surface area contributed by atoms with Gasteiger partial charge in [0.25, 0.3) is 0 Å². The number of piperidine rings is 1. The van der Waals surface area contributed by atoms with Gasteiger partial charge >= 0.3 is 6.18 Å². The van der Waals surface area contributed by atoms with Crippen LogP contribution in [0, 0.1) is 23.7 Å². The van der Waals surface area contributed by atoms with E-state index in [2.05, 4.69) is 16.0 Å². The third-order valence-corrected chi connectivity index (χ3v) is 22.5. The van der Waals surface area contributed by atoms with E-state index in [1.54, 1.807) is 11.8 Å². The Morgan fingerprint density at radius 1 is 0.651 bits per heavy atom. The van der Waals surface area contributed by atoms with E-state index in [9.17, 15) is 46.7 Å². The lowest BCUT2D eigenvalue weighted by Gasteiger charge is -2.43. The average Bonchev–Trinajstić information content (AvgIpc) is 1.18. The topological polar surface area (TPSA) is 290 Å². The van der Waals surface area contributed by atoms with Crippen molar-refractivity contribution in [3.8, 4) is 0 Å². The molecule has 0 aromatic heterocycles. The fourth-order valence-electron chi connectivity index (χ4n) is 15.4. The smallest absolute Gasteiger partial charge is 0.345 e. The molecule has 3 aliphatic carbocycles. The molecule has 592 valence electrons. The van der Waals surface area contributed by atoms with Gasteiger partial charge in [0, 0.05) is 89.1 Å². The summed E-state index contributed by atoms with van der Waals surface area (Å²) in [5.74, 6) is -10.1. The van der Waals surface area contributed by atoms with Crippen molar-refractivity contribution in [1.29, 1.82) is 0 Å². The predicted molar refractivity (Wildman–Crippen MR) is 393 cm³/mol. The average molecular weight is 1510 g/mol. The number of amides is 13. The van der Waals surface area contributed by atoms with E-state index in [1.165, 1.54) is 106 Å². The Labute approximate surface area is 628 Å². The zero-order valence-corrected chi connectivity index (χ0v) is 65.4. The van der Waals surface area contributed by atoms with Gasteiger partial charge < -0.3 is 64.9 Å². The number of carbonyl (C=O) groups excluding carboxylic acids is 13. The van der Waals surface area contributed by atoms with Crippen LogP contribution >= 0.6 is 11.6 Å². The Bertz CT molecular complexity index is 3310. The Balaban J connectivity index is 1.48. The van der Waals surface area contributed by atoms with Gasteiger partial charge in [-0.1, -0.05) is 122 Å². The van der Waals surface area contributed by atoms with Gasteiger partial charge in [-0.3, -0.25) is 62.3 Å². The van der Waals surface area contributed by atoms with Gasteiger partial charge in [-0.15, -0.1) is 0 Å². The SMILES string of the molecule is CC[C@H](C)[C@@H]1NC(=O)[C@H](CC(C)C)N(C)C(=O)C[C@@H](C(=O)N2CCCCC2)N(C)C(=O)[C@H](C2CCCCC2)N(C)C(=O)C2(CCCC2)NC(=O)CN(C/C=C/C(=O)N(C)C)C(=O)[C@H](CCc2ccc(C(F)(F)F)c(Cl)c2)NC(=O)CN(C)C(=O)[C@H](CC2CCCCC2)N(C)C(=O)CN(C)C(=O)CN(C)C1=O. The maximum Gasteiger partial charge on any atom is 0.417 e.